The van der Waals surface area contributed by atoms with E-state index in [1.54, 1.807) is 5.70 Å². The fourth-order valence-electron chi connectivity index (χ4n) is 0.648. The Kier molecular flexibility index (Phi) is 4.96. The van der Waals surface area contributed by atoms with Crippen LogP contribution in [0.4, 0.5) is 4.11 Å². The first-order chi connectivity index (χ1) is 3.85. The molecule has 0 radical (unpaired) electrons. The second kappa shape index (κ2) is 5.03. The smallest absolute Gasteiger partial charge is 0.240 e. The second-order valence-electron chi connectivity index (χ2n) is 1.72. The summed E-state index contributed by atoms with van der Waals surface area (Å²) in [4.78, 5) is 0. The van der Waals surface area contributed by atoms with E-state index in [-0.39, 0.29) is 0 Å². The van der Waals surface area contributed by atoms with Gasteiger partial charge in [-0.25, -0.2) is 0 Å². The number of halogens is 1. The lowest BCUT2D eigenvalue weighted by molar-refractivity contribution is 0.878. The van der Waals surface area contributed by atoms with Crippen LogP contribution in [-0.4, -0.2) is 9.85 Å². The van der Waals surface area contributed by atoms with Gasteiger partial charge in [-0.3, -0.25) is 0 Å². The van der Waals surface area contributed by atoms with Crippen LogP contribution in [0.15, 0.2) is 11.3 Å². The van der Waals surface area contributed by atoms with Gasteiger partial charge in [-0.2, -0.15) is 0 Å². The topological polar surface area (TPSA) is 0 Å². The van der Waals surface area contributed by atoms with Crippen molar-refractivity contribution in [3.8, 4) is 0 Å². The molecule has 0 aromatic heterocycles. The minimum atomic E-state index is -1.32. The Hall–Kier alpha value is -0.113. The fraction of sp³-hybridized carbons (Fsp3) is 0.667. The predicted octanol–water partition coefficient (Wildman–Crippen LogP) is 1.74. The molecule has 0 aromatic carbocycles. The maximum atomic E-state index is 11.7. The third-order valence-corrected chi connectivity index (χ3v) is 2.01. The SMILES string of the molecule is CCC(=C[SiH2]F)CC. The Morgan fingerprint density at radius 2 is 2.00 bits per heavy atom. The fourth-order valence-corrected chi connectivity index (χ4v) is 1.44. The van der Waals surface area contributed by atoms with Crippen LogP contribution >= 0.6 is 0 Å². The lowest BCUT2D eigenvalue weighted by atomic mass is 10.2. The summed E-state index contributed by atoms with van der Waals surface area (Å²) in [6.45, 7) is 4.14. The zero-order valence-corrected chi connectivity index (χ0v) is 6.99. The molecule has 48 valence electrons. The molecule has 0 spiro atoms. The zero-order valence-electron chi connectivity index (χ0n) is 5.58. The van der Waals surface area contributed by atoms with Crippen molar-refractivity contribution >= 4 is 9.85 Å². The van der Waals surface area contributed by atoms with E-state index < -0.39 is 9.85 Å². The van der Waals surface area contributed by atoms with Gasteiger partial charge >= 0.3 is 0 Å². The summed E-state index contributed by atoms with van der Waals surface area (Å²) >= 11 is 0. The largest absolute Gasteiger partial charge is 0.317 e. The highest BCUT2D eigenvalue weighted by molar-refractivity contribution is 6.33. The summed E-state index contributed by atoms with van der Waals surface area (Å²) in [5.74, 6) is 0. The Bertz CT molecular complexity index is 72.6. The first kappa shape index (κ1) is 7.89. The number of hydrogen-bond acceptors (Lipinski definition) is 0. The van der Waals surface area contributed by atoms with Gasteiger partial charge in [0.2, 0.25) is 9.85 Å². The minimum Gasteiger partial charge on any atom is -0.317 e. The normalized spacial score (nSPS) is 10.4. The molecule has 0 saturated heterocycles. The molecule has 0 amide bonds. The molecule has 2 heteroatoms. The van der Waals surface area contributed by atoms with E-state index in [0.29, 0.717) is 0 Å². The van der Waals surface area contributed by atoms with Crippen molar-refractivity contribution < 1.29 is 4.11 Å². The molecule has 0 bridgehead atoms. The maximum Gasteiger partial charge on any atom is 0.240 e. The van der Waals surface area contributed by atoms with E-state index in [2.05, 4.69) is 13.8 Å². The molecule has 8 heavy (non-hydrogen) atoms. The van der Waals surface area contributed by atoms with E-state index in [9.17, 15) is 4.11 Å². The van der Waals surface area contributed by atoms with Gasteiger partial charge in [-0.05, 0) is 12.8 Å². The van der Waals surface area contributed by atoms with Crippen molar-refractivity contribution in [3.63, 3.8) is 0 Å². The van der Waals surface area contributed by atoms with Gasteiger partial charge in [0.05, 0.1) is 0 Å². The van der Waals surface area contributed by atoms with E-state index in [0.717, 1.165) is 12.8 Å². The molecule has 0 aromatic rings. The number of rotatable bonds is 3. The third-order valence-electron chi connectivity index (χ3n) is 1.27. The average Bonchev–Trinajstić information content (AvgIpc) is 1.83. The summed E-state index contributed by atoms with van der Waals surface area (Å²) in [6.07, 6.45) is 2.04. The Balaban J connectivity index is 3.49. The van der Waals surface area contributed by atoms with Crippen LogP contribution in [0.25, 0.3) is 0 Å². The van der Waals surface area contributed by atoms with Crippen molar-refractivity contribution in [2.24, 2.45) is 0 Å². The molecule has 0 aliphatic carbocycles. The standard InChI is InChI=1S/C6H13FSi/c1-3-6(4-2)5-8-7/h5H,3-4,8H2,1-2H3. The van der Waals surface area contributed by atoms with Crippen LogP contribution in [0.5, 0.6) is 0 Å². The Morgan fingerprint density at radius 3 is 2.12 bits per heavy atom. The molecule has 0 atom stereocenters. The third kappa shape index (κ3) is 2.96. The molecule has 0 heterocycles. The molecule has 0 aliphatic heterocycles. The monoisotopic (exact) mass is 132 g/mol. The van der Waals surface area contributed by atoms with Crippen molar-refractivity contribution in [1.82, 2.24) is 0 Å². The Morgan fingerprint density at radius 1 is 1.50 bits per heavy atom. The van der Waals surface area contributed by atoms with Crippen LogP contribution in [0.3, 0.4) is 0 Å². The van der Waals surface area contributed by atoms with Crippen LogP contribution in [0.1, 0.15) is 26.7 Å². The highest BCUT2D eigenvalue weighted by atomic mass is 28.3. The minimum absolute atomic E-state index is 1.02. The molecule has 0 nitrogen and oxygen atoms in total. The molecule has 0 rings (SSSR count). The number of allylic oxidation sites excluding steroid dienone is 1. The van der Waals surface area contributed by atoms with Gasteiger partial charge in [0.25, 0.3) is 0 Å². The van der Waals surface area contributed by atoms with Gasteiger partial charge < -0.3 is 4.11 Å². The molecule has 0 saturated carbocycles. The lowest BCUT2D eigenvalue weighted by Gasteiger charge is -1.94. The molecule has 0 aliphatic rings. The van der Waals surface area contributed by atoms with Crippen LogP contribution in [0, 0.1) is 0 Å². The van der Waals surface area contributed by atoms with Crippen LogP contribution in [0.2, 0.25) is 0 Å². The molecule has 0 N–H and O–H groups in total. The predicted molar refractivity (Wildman–Crippen MR) is 38.3 cm³/mol. The highest BCUT2D eigenvalue weighted by Crippen LogP contribution is 2.03. The highest BCUT2D eigenvalue weighted by Gasteiger charge is 1.86. The van der Waals surface area contributed by atoms with Gasteiger partial charge in [-0.1, -0.05) is 25.1 Å². The van der Waals surface area contributed by atoms with E-state index in [1.807, 2.05) is 0 Å². The van der Waals surface area contributed by atoms with Crippen LogP contribution in [-0.2, 0) is 0 Å². The Labute approximate surface area is 52.8 Å². The molecule has 0 fully saturated rings. The summed E-state index contributed by atoms with van der Waals surface area (Å²) in [5.41, 5.74) is 3.07. The number of hydrogen-bond donors (Lipinski definition) is 0. The summed E-state index contributed by atoms with van der Waals surface area (Å²) in [6, 6.07) is 0. The zero-order chi connectivity index (χ0) is 6.41. The van der Waals surface area contributed by atoms with E-state index in [4.69, 9.17) is 0 Å². The van der Waals surface area contributed by atoms with Crippen molar-refractivity contribution in [1.29, 1.82) is 0 Å². The molecular weight excluding hydrogens is 119 g/mol. The summed E-state index contributed by atoms with van der Waals surface area (Å²) < 4.78 is 11.7. The first-order valence-corrected chi connectivity index (χ1v) is 4.44. The average molecular weight is 132 g/mol. The quantitative estimate of drug-likeness (QED) is 0.405. The van der Waals surface area contributed by atoms with Crippen LogP contribution < -0.4 is 0 Å². The maximum absolute atomic E-state index is 11.7. The molecule has 0 unspecified atom stereocenters. The van der Waals surface area contributed by atoms with Gasteiger partial charge in [0, 0.05) is 0 Å². The van der Waals surface area contributed by atoms with Gasteiger partial charge in [0.15, 0.2) is 0 Å². The second-order valence-corrected chi connectivity index (χ2v) is 2.44. The lowest BCUT2D eigenvalue weighted by Crippen LogP contribution is -1.79. The van der Waals surface area contributed by atoms with Crippen molar-refractivity contribution in [3.05, 3.63) is 11.3 Å². The molecular formula is C6H13FSi. The van der Waals surface area contributed by atoms with E-state index >= 15 is 0 Å². The summed E-state index contributed by atoms with van der Waals surface area (Å²) in [7, 11) is -1.32. The first-order valence-electron chi connectivity index (χ1n) is 3.09. The summed E-state index contributed by atoms with van der Waals surface area (Å²) in [5, 5.41) is 0. The van der Waals surface area contributed by atoms with Crippen molar-refractivity contribution in [2.75, 3.05) is 0 Å². The van der Waals surface area contributed by atoms with E-state index in [1.165, 1.54) is 5.57 Å². The van der Waals surface area contributed by atoms with Gasteiger partial charge in [-0.15, -0.1) is 0 Å². The van der Waals surface area contributed by atoms with Crippen molar-refractivity contribution in [2.45, 2.75) is 26.7 Å². The van der Waals surface area contributed by atoms with Gasteiger partial charge in [0.1, 0.15) is 0 Å².